The summed E-state index contributed by atoms with van der Waals surface area (Å²) in [5.41, 5.74) is 1.74. The Morgan fingerprint density at radius 2 is 2.00 bits per heavy atom. The molecule has 2 saturated heterocycles. The second kappa shape index (κ2) is 6.15. The standard InChI is InChI=1S/C16H21ClN2O/c17-15-1-2-16(14(9-15)11-20)19-7-4-12(5-8-19)13-3-6-18-10-13/h1-2,9,11-13,18H,3-8,10H2. The molecule has 0 spiro atoms. The van der Waals surface area contributed by atoms with E-state index in [4.69, 9.17) is 11.6 Å². The minimum atomic E-state index is 0.628. The molecular weight excluding hydrogens is 272 g/mol. The van der Waals surface area contributed by atoms with Crippen molar-refractivity contribution in [2.45, 2.75) is 19.3 Å². The molecule has 0 amide bonds. The minimum Gasteiger partial charge on any atom is -0.371 e. The second-order valence-electron chi connectivity index (χ2n) is 5.90. The Hall–Kier alpha value is -1.06. The van der Waals surface area contributed by atoms with Gasteiger partial charge < -0.3 is 10.2 Å². The van der Waals surface area contributed by atoms with E-state index >= 15 is 0 Å². The van der Waals surface area contributed by atoms with Gasteiger partial charge in [0.05, 0.1) is 0 Å². The van der Waals surface area contributed by atoms with Crippen molar-refractivity contribution in [3.05, 3.63) is 28.8 Å². The lowest BCUT2D eigenvalue weighted by Crippen LogP contribution is -2.37. The molecule has 0 aliphatic carbocycles. The predicted octanol–water partition coefficient (Wildman–Crippen LogP) is 2.98. The number of aldehydes is 1. The van der Waals surface area contributed by atoms with E-state index in [1.807, 2.05) is 12.1 Å². The molecule has 0 aromatic heterocycles. The van der Waals surface area contributed by atoms with Crippen molar-refractivity contribution in [2.75, 3.05) is 31.1 Å². The van der Waals surface area contributed by atoms with Crippen LogP contribution in [0.5, 0.6) is 0 Å². The fraction of sp³-hybridized carbons (Fsp3) is 0.562. The Labute approximate surface area is 125 Å². The quantitative estimate of drug-likeness (QED) is 0.869. The Balaban J connectivity index is 1.67. The van der Waals surface area contributed by atoms with E-state index in [1.54, 1.807) is 6.07 Å². The number of carbonyl (C=O) groups is 1. The number of nitrogens with zero attached hydrogens (tertiary/aromatic N) is 1. The number of benzene rings is 1. The first-order valence-electron chi connectivity index (χ1n) is 7.48. The van der Waals surface area contributed by atoms with Crippen molar-refractivity contribution in [1.29, 1.82) is 0 Å². The number of hydrogen-bond donors (Lipinski definition) is 1. The summed E-state index contributed by atoms with van der Waals surface area (Å²) in [4.78, 5) is 13.5. The maximum Gasteiger partial charge on any atom is 0.152 e. The summed E-state index contributed by atoms with van der Waals surface area (Å²) in [5.74, 6) is 1.70. The van der Waals surface area contributed by atoms with Gasteiger partial charge in [-0.3, -0.25) is 4.79 Å². The summed E-state index contributed by atoms with van der Waals surface area (Å²) in [6.07, 6.45) is 4.69. The molecule has 0 radical (unpaired) electrons. The minimum absolute atomic E-state index is 0.628. The molecule has 1 aromatic rings. The van der Waals surface area contributed by atoms with Crippen LogP contribution < -0.4 is 10.2 Å². The molecule has 2 aliphatic heterocycles. The number of anilines is 1. The zero-order valence-corrected chi connectivity index (χ0v) is 12.4. The average Bonchev–Trinajstić information content (AvgIpc) is 3.01. The molecule has 0 saturated carbocycles. The molecule has 108 valence electrons. The van der Waals surface area contributed by atoms with Crippen molar-refractivity contribution in [3.63, 3.8) is 0 Å². The summed E-state index contributed by atoms with van der Waals surface area (Å²) in [5, 5.41) is 4.09. The van der Waals surface area contributed by atoms with Gasteiger partial charge in [0.25, 0.3) is 0 Å². The topological polar surface area (TPSA) is 32.3 Å². The van der Waals surface area contributed by atoms with Crippen LogP contribution in [0.1, 0.15) is 29.6 Å². The molecule has 3 nitrogen and oxygen atoms in total. The van der Waals surface area contributed by atoms with Crippen LogP contribution in [0.3, 0.4) is 0 Å². The van der Waals surface area contributed by atoms with Gasteiger partial charge in [-0.2, -0.15) is 0 Å². The maximum atomic E-state index is 11.2. The van der Waals surface area contributed by atoms with E-state index in [9.17, 15) is 4.79 Å². The molecule has 20 heavy (non-hydrogen) atoms. The molecule has 2 fully saturated rings. The lowest BCUT2D eigenvalue weighted by Gasteiger charge is -2.36. The number of rotatable bonds is 3. The summed E-state index contributed by atoms with van der Waals surface area (Å²) in [6, 6.07) is 5.61. The highest BCUT2D eigenvalue weighted by Gasteiger charge is 2.29. The zero-order chi connectivity index (χ0) is 13.9. The number of piperidine rings is 1. The smallest absolute Gasteiger partial charge is 0.152 e. The zero-order valence-electron chi connectivity index (χ0n) is 11.6. The van der Waals surface area contributed by atoms with Crippen LogP contribution in [0.15, 0.2) is 18.2 Å². The Morgan fingerprint density at radius 1 is 1.20 bits per heavy atom. The third-order valence-electron chi connectivity index (χ3n) is 4.76. The molecule has 1 N–H and O–H groups in total. The number of halogens is 1. The summed E-state index contributed by atoms with van der Waals surface area (Å²) >= 11 is 5.96. The van der Waals surface area contributed by atoms with Gasteiger partial charge in [-0.25, -0.2) is 0 Å². The van der Waals surface area contributed by atoms with Crippen LogP contribution in [-0.4, -0.2) is 32.5 Å². The van der Waals surface area contributed by atoms with Crippen molar-refractivity contribution in [3.8, 4) is 0 Å². The summed E-state index contributed by atoms with van der Waals surface area (Å²) < 4.78 is 0. The van der Waals surface area contributed by atoms with Crippen LogP contribution in [0, 0.1) is 11.8 Å². The fourth-order valence-electron chi connectivity index (χ4n) is 3.60. The van der Waals surface area contributed by atoms with E-state index < -0.39 is 0 Å². The molecule has 4 heteroatoms. The van der Waals surface area contributed by atoms with Gasteiger partial charge in [0.15, 0.2) is 6.29 Å². The monoisotopic (exact) mass is 292 g/mol. The van der Waals surface area contributed by atoms with Crippen LogP contribution in [-0.2, 0) is 0 Å². The van der Waals surface area contributed by atoms with Gasteiger partial charge in [0.1, 0.15) is 0 Å². The molecule has 3 rings (SSSR count). The van der Waals surface area contributed by atoms with Crippen LogP contribution >= 0.6 is 11.6 Å². The summed E-state index contributed by atoms with van der Waals surface area (Å²) in [7, 11) is 0. The van der Waals surface area contributed by atoms with E-state index in [2.05, 4.69) is 10.2 Å². The molecule has 2 heterocycles. The van der Waals surface area contributed by atoms with E-state index in [0.29, 0.717) is 10.6 Å². The maximum absolute atomic E-state index is 11.2. The highest BCUT2D eigenvalue weighted by atomic mass is 35.5. The number of hydrogen-bond acceptors (Lipinski definition) is 3. The Kier molecular flexibility index (Phi) is 4.27. The largest absolute Gasteiger partial charge is 0.371 e. The first kappa shape index (κ1) is 13.9. The van der Waals surface area contributed by atoms with Gasteiger partial charge in [-0.05, 0) is 62.4 Å². The van der Waals surface area contributed by atoms with E-state index in [-0.39, 0.29) is 0 Å². The third kappa shape index (κ3) is 2.84. The Morgan fingerprint density at radius 3 is 2.65 bits per heavy atom. The molecule has 1 aromatic carbocycles. The van der Waals surface area contributed by atoms with Gasteiger partial charge in [0.2, 0.25) is 0 Å². The first-order valence-corrected chi connectivity index (χ1v) is 7.86. The molecule has 2 aliphatic rings. The normalized spacial score (nSPS) is 24.1. The van der Waals surface area contributed by atoms with E-state index in [1.165, 1.54) is 32.4 Å². The molecule has 1 atom stereocenters. The second-order valence-corrected chi connectivity index (χ2v) is 6.33. The van der Waals surface area contributed by atoms with Gasteiger partial charge in [0, 0.05) is 29.4 Å². The van der Waals surface area contributed by atoms with Gasteiger partial charge >= 0.3 is 0 Å². The predicted molar refractivity (Wildman–Crippen MR) is 82.8 cm³/mol. The first-order chi connectivity index (χ1) is 9.78. The summed E-state index contributed by atoms with van der Waals surface area (Å²) in [6.45, 7) is 4.45. The van der Waals surface area contributed by atoms with Crippen molar-refractivity contribution >= 4 is 23.6 Å². The molecular formula is C16H21ClN2O. The third-order valence-corrected chi connectivity index (χ3v) is 5.00. The molecule has 1 unspecified atom stereocenters. The van der Waals surface area contributed by atoms with Crippen molar-refractivity contribution in [2.24, 2.45) is 11.8 Å². The van der Waals surface area contributed by atoms with Crippen LogP contribution in [0.25, 0.3) is 0 Å². The highest BCUT2D eigenvalue weighted by molar-refractivity contribution is 6.31. The lowest BCUT2D eigenvalue weighted by molar-refractivity contribution is 0.112. The average molecular weight is 293 g/mol. The number of carbonyl (C=O) groups excluding carboxylic acids is 1. The van der Waals surface area contributed by atoms with E-state index in [0.717, 1.165) is 36.9 Å². The SMILES string of the molecule is O=Cc1cc(Cl)ccc1N1CCC(C2CCNC2)CC1. The lowest BCUT2D eigenvalue weighted by atomic mass is 9.83. The van der Waals surface area contributed by atoms with Crippen LogP contribution in [0.2, 0.25) is 5.02 Å². The Bertz CT molecular complexity index is 477. The van der Waals surface area contributed by atoms with Crippen molar-refractivity contribution < 1.29 is 4.79 Å². The molecule has 0 bridgehead atoms. The van der Waals surface area contributed by atoms with Gasteiger partial charge in [-0.15, -0.1) is 0 Å². The highest BCUT2D eigenvalue weighted by Crippen LogP contribution is 2.32. The fourth-order valence-corrected chi connectivity index (χ4v) is 3.78. The van der Waals surface area contributed by atoms with Crippen molar-refractivity contribution in [1.82, 2.24) is 5.32 Å². The van der Waals surface area contributed by atoms with Gasteiger partial charge in [-0.1, -0.05) is 11.6 Å². The number of nitrogens with one attached hydrogen (secondary N) is 1. The van der Waals surface area contributed by atoms with Crippen LogP contribution in [0.4, 0.5) is 5.69 Å².